The molecule has 148 valence electrons. The fraction of sp³-hybridized carbons (Fsp3) is 0.0870. The largest absolute Gasteiger partial charge is 0.494 e. The Balaban J connectivity index is 2.17. The maximum absolute atomic E-state index is 13.4. The van der Waals surface area contributed by atoms with Crippen molar-refractivity contribution in [2.24, 2.45) is 0 Å². The van der Waals surface area contributed by atoms with Crippen LogP contribution in [-0.2, 0) is 9.84 Å². The number of carbonyl (C=O) groups excluding carboxylic acids is 1. The molecule has 0 aromatic heterocycles. The third-order valence-corrected chi connectivity index (χ3v) is 7.53. The summed E-state index contributed by atoms with van der Waals surface area (Å²) in [5.74, 6) is 0.0726. The predicted octanol–water partition coefficient (Wildman–Crippen LogP) is 5.55. The number of carbonyl (C=O) groups is 1. The lowest BCUT2D eigenvalue weighted by Crippen LogP contribution is -2.16. The molecule has 0 atom stereocenters. The molecule has 0 aliphatic carbocycles. The summed E-state index contributed by atoms with van der Waals surface area (Å²) in [4.78, 5) is 13.2. The Hall–Kier alpha value is -2.45. The second-order valence-corrected chi connectivity index (χ2v) is 9.08. The summed E-state index contributed by atoms with van der Waals surface area (Å²) >= 11 is 1.94. The van der Waals surface area contributed by atoms with Gasteiger partial charge in [-0.3, -0.25) is 4.79 Å². The minimum absolute atomic E-state index is 0.0828. The van der Waals surface area contributed by atoms with E-state index in [0.717, 1.165) is 0 Å². The zero-order valence-electron chi connectivity index (χ0n) is 15.7. The first-order valence-corrected chi connectivity index (χ1v) is 11.5. The van der Waals surface area contributed by atoms with Crippen LogP contribution in [0.15, 0.2) is 94.7 Å². The highest BCUT2D eigenvalue weighted by Gasteiger charge is 2.31. The Morgan fingerprint density at radius 3 is 1.93 bits per heavy atom. The maximum Gasteiger partial charge on any atom is 0.211 e. The first-order chi connectivity index (χ1) is 13.9. The van der Waals surface area contributed by atoms with E-state index in [9.17, 15) is 13.2 Å². The Labute approximate surface area is 184 Å². The lowest BCUT2D eigenvalue weighted by atomic mass is 10.1. The molecule has 3 rings (SSSR count). The zero-order chi connectivity index (χ0) is 20.9. The lowest BCUT2D eigenvalue weighted by molar-refractivity contribution is 0.104. The van der Waals surface area contributed by atoms with E-state index in [1.54, 1.807) is 54.6 Å². The molecule has 0 saturated heterocycles. The SMILES string of the molecule is CCOc1ccc(C(=O)/C(=C(\I)c2ccccc2)S(=O)(=O)c2ccccc2)cc1. The highest BCUT2D eigenvalue weighted by Crippen LogP contribution is 2.34. The second-order valence-electron chi connectivity index (χ2n) is 6.11. The van der Waals surface area contributed by atoms with Crippen LogP contribution in [0.4, 0.5) is 0 Å². The molecule has 6 heteroatoms. The number of halogens is 1. The summed E-state index contributed by atoms with van der Waals surface area (Å²) in [6, 6.07) is 23.5. The van der Waals surface area contributed by atoms with Gasteiger partial charge in [-0.05, 0) is 71.5 Å². The van der Waals surface area contributed by atoms with E-state index in [2.05, 4.69) is 0 Å². The standard InChI is InChI=1S/C23H19IO4S/c1-2-28-19-15-13-18(14-16-19)22(25)23(21(24)17-9-5-3-6-10-17)29(26,27)20-11-7-4-8-12-20/h3-16H,2H2,1H3/b23-21+. The summed E-state index contributed by atoms with van der Waals surface area (Å²) < 4.78 is 32.6. The van der Waals surface area contributed by atoms with Crippen LogP contribution < -0.4 is 4.74 Å². The number of ether oxygens (including phenoxy) is 1. The second kappa shape index (κ2) is 9.37. The van der Waals surface area contributed by atoms with E-state index in [1.165, 1.54) is 12.1 Å². The summed E-state index contributed by atoms with van der Waals surface area (Å²) in [6.07, 6.45) is 0. The van der Waals surface area contributed by atoms with Crippen LogP contribution in [0.1, 0.15) is 22.8 Å². The fourth-order valence-electron chi connectivity index (χ4n) is 2.77. The first kappa shape index (κ1) is 21.3. The number of rotatable bonds is 7. The molecule has 0 spiro atoms. The highest BCUT2D eigenvalue weighted by molar-refractivity contribution is 14.1. The van der Waals surface area contributed by atoms with Gasteiger partial charge in [-0.15, -0.1) is 0 Å². The Kier molecular flexibility index (Phi) is 6.87. The van der Waals surface area contributed by atoms with Crippen molar-refractivity contribution in [2.45, 2.75) is 11.8 Å². The smallest absolute Gasteiger partial charge is 0.211 e. The number of sulfone groups is 1. The summed E-state index contributed by atoms with van der Waals surface area (Å²) in [5, 5.41) is 0. The number of ketones is 1. The average Bonchev–Trinajstić information content (AvgIpc) is 2.75. The minimum atomic E-state index is -4.02. The van der Waals surface area contributed by atoms with Crippen molar-refractivity contribution in [2.75, 3.05) is 6.61 Å². The lowest BCUT2D eigenvalue weighted by Gasteiger charge is -2.13. The molecule has 4 nitrogen and oxygen atoms in total. The summed E-state index contributed by atoms with van der Waals surface area (Å²) in [5.41, 5.74) is 0.954. The third kappa shape index (κ3) is 4.76. The van der Waals surface area contributed by atoms with Crippen molar-refractivity contribution >= 4 is 41.8 Å². The van der Waals surface area contributed by atoms with Crippen molar-refractivity contribution in [1.29, 1.82) is 0 Å². The Morgan fingerprint density at radius 2 is 1.38 bits per heavy atom. The first-order valence-electron chi connectivity index (χ1n) is 8.98. The monoisotopic (exact) mass is 518 g/mol. The Bertz CT molecular complexity index is 1120. The number of allylic oxidation sites excluding steroid dienone is 1. The van der Waals surface area contributed by atoms with Crippen molar-refractivity contribution in [1.82, 2.24) is 0 Å². The van der Waals surface area contributed by atoms with Crippen molar-refractivity contribution in [3.8, 4) is 5.75 Å². The van der Waals surface area contributed by atoms with E-state index in [4.69, 9.17) is 4.74 Å². The van der Waals surface area contributed by atoms with Gasteiger partial charge in [0.05, 0.1) is 11.5 Å². The molecular formula is C23H19IO4S. The molecular weight excluding hydrogens is 499 g/mol. The van der Waals surface area contributed by atoms with Gasteiger partial charge in [0.1, 0.15) is 10.7 Å². The average molecular weight is 518 g/mol. The maximum atomic E-state index is 13.4. The van der Waals surface area contributed by atoms with Crippen LogP contribution >= 0.6 is 22.6 Å². The molecule has 0 aliphatic rings. The van der Waals surface area contributed by atoms with Gasteiger partial charge in [-0.2, -0.15) is 0 Å². The van der Waals surface area contributed by atoms with Gasteiger partial charge < -0.3 is 4.74 Å². The molecule has 0 bridgehead atoms. The van der Waals surface area contributed by atoms with E-state index in [0.29, 0.717) is 21.5 Å². The highest BCUT2D eigenvalue weighted by atomic mass is 127. The fourth-order valence-corrected chi connectivity index (χ4v) is 5.71. The van der Waals surface area contributed by atoms with Gasteiger partial charge in [-0.1, -0.05) is 48.5 Å². The van der Waals surface area contributed by atoms with Crippen LogP contribution in [0.2, 0.25) is 0 Å². The molecule has 0 radical (unpaired) electrons. The molecule has 29 heavy (non-hydrogen) atoms. The number of benzene rings is 3. The molecule has 0 heterocycles. The Morgan fingerprint density at radius 1 is 0.828 bits per heavy atom. The molecule has 3 aromatic rings. The van der Waals surface area contributed by atoms with Crippen molar-refractivity contribution < 1.29 is 17.9 Å². The van der Waals surface area contributed by atoms with Crippen LogP contribution in [-0.4, -0.2) is 20.8 Å². The van der Waals surface area contributed by atoms with E-state index < -0.39 is 15.6 Å². The summed E-state index contributed by atoms with van der Waals surface area (Å²) in [7, 11) is -4.02. The number of Topliss-reactive ketones (excluding diaryl/α,β-unsaturated/α-hetero) is 1. The molecule has 0 saturated carbocycles. The van der Waals surface area contributed by atoms with Gasteiger partial charge in [-0.25, -0.2) is 8.42 Å². The molecule has 3 aromatic carbocycles. The van der Waals surface area contributed by atoms with Gasteiger partial charge in [0.15, 0.2) is 0 Å². The predicted molar refractivity (Wildman–Crippen MR) is 123 cm³/mol. The number of hydrogen-bond acceptors (Lipinski definition) is 4. The normalized spacial score (nSPS) is 12.2. The van der Waals surface area contributed by atoms with E-state index >= 15 is 0 Å². The zero-order valence-corrected chi connectivity index (χ0v) is 18.7. The van der Waals surface area contributed by atoms with E-state index in [1.807, 2.05) is 47.7 Å². The molecule has 0 amide bonds. The minimum Gasteiger partial charge on any atom is -0.494 e. The van der Waals surface area contributed by atoms with Crippen molar-refractivity contribution in [3.05, 3.63) is 101 Å². The van der Waals surface area contributed by atoms with Gasteiger partial charge in [0.2, 0.25) is 15.6 Å². The van der Waals surface area contributed by atoms with Gasteiger partial charge in [0, 0.05) is 9.14 Å². The third-order valence-electron chi connectivity index (χ3n) is 4.18. The van der Waals surface area contributed by atoms with Gasteiger partial charge >= 0.3 is 0 Å². The van der Waals surface area contributed by atoms with Crippen LogP contribution in [0, 0.1) is 0 Å². The topological polar surface area (TPSA) is 60.4 Å². The molecule has 0 unspecified atom stereocenters. The van der Waals surface area contributed by atoms with Crippen molar-refractivity contribution in [3.63, 3.8) is 0 Å². The summed E-state index contributed by atoms with van der Waals surface area (Å²) in [6.45, 7) is 2.38. The number of hydrogen-bond donors (Lipinski definition) is 0. The van der Waals surface area contributed by atoms with Crippen LogP contribution in [0.5, 0.6) is 5.75 Å². The van der Waals surface area contributed by atoms with Crippen LogP contribution in [0.3, 0.4) is 0 Å². The van der Waals surface area contributed by atoms with Crippen LogP contribution in [0.25, 0.3) is 3.58 Å². The molecule has 0 N–H and O–H groups in total. The quantitative estimate of drug-likeness (QED) is 0.234. The molecule has 0 aliphatic heterocycles. The molecule has 0 fully saturated rings. The van der Waals surface area contributed by atoms with E-state index in [-0.39, 0.29) is 15.4 Å². The van der Waals surface area contributed by atoms with Gasteiger partial charge in [0.25, 0.3) is 0 Å².